The molecule has 1 aromatic rings. The molecule has 0 spiro atoms. The Labute approximate surface area is 97.1 Å². The molecule has 0 saturated heterocycles. The second-order valence-corrected chi connectivity index (χ2v) is 4.39. The van der Waals surface area contributed by atoms with Crippen molar-refractivity contribution in [2.45, 2.75) is 31.9 Å². The topological polar surface area (TPSA) is 37.3 Å². The van der Waals surface area contributed by atoms with Crippen molar-refractivity contribution in [3.63, 3.8) is 0 Å². The van der Waals surface area contributed by atoms with Gasteiger partial charge < -0.3 is 5.11 Å². The van der Waals surface area contributed by atoms with E-state index < -0.39 is 17.6 Å². The van der Waals surface area contributed by atoms with Crippen LogP contribution in [0.15, 0.2) is 24.3 Å². The molecule has 17 heavy (non-hydrogen) atoms. The first kappa shape index (κ1) is 13.5. The summed E-state index contributed by atoms with van der Waals surface area (Å²) in [6, 6.07) is 5.48. The third-order valence-corrected chi connectivity index (χ3v) is 2.74. The van der Waals surface area contributed by atoms with E-state index in [-0.39, 0.29) is 12.0 Å². The molecular weight excluding hydrogens is 233 g/mol. The van der Waals surface area contributed by atoms with E-state index in [1.165, 1.54) is 24.3 Å². The highest BCUT2D eigenvalue weighted by Crippen LogP contribution is 2.40. The number of benzene rings is 1. The zero-order valence-corrected chi connectivity index (χ0v) is 9.51. The van der Waals surface area contributed by atoms with Crippen molar-refractivity contribution in [1.29, 1.82) is 0 Å². The maximum atomic E-state index is 12.7. The van der Waals surface area contributed by atoms with Crippen LogP contribution in [0.1, 0.15) is 25.0 Å². The van der Waals surface area contributed by atoms with E-state index >= 15 is 0 Å². The number of aliphatic carboxylic acids is 1. The molecular formula is C12H13F3O2. The monoisotopic (exact) mass is 246 g/mol. The zero-order chi connectivity index (χ0) is 13.3. The van der Waals surface area contributed by atoms with Gasteiger partial charge in [-0.25, -0.2) is 0 Å². The summed E-state index contributed by atoms with van der Waals surface area (Å²) in [5, 5.41) is 8.55. The fraction of sp³-hybridized carbons (Fsp3) is 0.417. The van der Waals surface area contributed by atoms with E-state index in [1.807, 2.05) is 0 Å². The molecule has 0 bridgehead atoms. The molecule has 5 heteroatoms. The lowest BCUT2D eigenvalue weighted by Gasteiger charge is -2.28. The van der Waals surface area contributed by atoms with Crippen molar-refractivity contribution in [1.82, 2.24) is 0 Å². The number of carbonyl (C=O) groups is 1. The summed E-state index contributed by atoms with van der Waals surface area (Å²) in [7, 11) is 0. The number of carboxylic acid groups (broad SMARTS) is 1. The van der Waals surface area contributed by atoms with Crippen LogP contribution in [-0.4, -0.2) is 17.3 Å². The van der Waals surface area contributed by atoms with Crippen LogP contribution < -0.4 is 0 Å². The van der Waals surface area contributed by atoms with Crippen molar-refractivity contribution in [2.24, 2.45) is 0 Å². The Morgan fingerprint density at radius 1 is 1.18 bits per heavy atom. The van der Waals surface area contributed by atoms with Crippen molar-refractivity contribution in [3.05, 3.63) is 35.4 Å². The Kier molecular flexibility index (Phi) is 3.50. The van der Waals surface area contributed by atoms with Crippen molar-refractivity contribution in [3.8, 4) is 0 Å². The van der Waals surface area contributed by atoms with Gasteiger partial charge in [0.05, 0.1) is 11.8 Å². The molecule has 2 nitrogen and oxygen atoms in total. The highest BCUT2D eigenvalue weighted by Gasteiger charge is 2.48. The lowest BCUT2D eigenvalue weighted by atomic mass is 9.83. The van der Waals surface area contributed by atoms with Gasteiger partial charge in [-0.2, -0.15) is 13.2 Å². The van der Waals surface area contributed by atoms with Crippen LogP contribution in [0.2, 0.25) is 0 Å². The van der Waals surface area contributed by atoms with E-state index in [0.29, 0.717) is 5.56 Å². The van der Waals surface area contributed by atoms with Gasteiger partial charge in [0.2, 0.25) is 0 Å². The molecule has 0 aliphatic rings. The van der Waals surface area contributed by atoms with Crippen LogP contribution in [-0.2, 0) is 16.6 Å². The number of alkyl halides is 3. The van der Waals surface area contributed by atoms with Crippen LogP contribution in [0.5, 0.6) is 0 Å². The highest BCUT2D eigenvalue weighted by molar-refractivity contribution is 5.70. The van der Waals surface area contributed by atoms with E-state index in [0.717, 1.165) is 13.8 Å². The maximum Gasteiger partial charge on any atom is 0.397 e. The van der Waals surface area contributed by atoms with Crippen molar-refractivity contribution < 1.29 is 23.1 Å². The molecule has 0 amide bonds. The minimum absolute atomic E-state index is 0.124. The van der Waals surface area contributed by atoms with E-state index in [9.17, 15) is 18.0 Å². The number of rotatable bonds is 3. The summed E-state index contributed by atoms with van der Waals surface area (Å²) >= 11 is 0. The van der Waals surface area contributed by atoms with E-state index in [1.54, 1.807) is 0 Å². The van der Waals surface area contributed by atoms with E-state index in [4.69, 9.17) is 5.11 Å². The molecule has 1 N–H and O–H groups in total. The molecule has 0 aliphatic carbocycles. The molecule has 0 heterocycles. The minimum Gasteiger partial charge on any atom is -0.481 e. The molecule has 0 radical (unpaired) electrons. The van der Waals surface area contributed by atoms with Gasteiger partial charge in [0.25, 0.3) is 0 Å². The summed E-state index contributed by atoms with van der Waals surface area (Å²) in [4.78, 5) is 10.4. The Bertz CT molecular complexity index is 405. The van der Waals surface area contributed by atoms with Crippen LogP contribution in [0, 0.1) is 0 Å². The molecule has 1 aromatic carbocycles. The Morgan fingerprint density at radius 2 is 1.65 bits per heavy atom. The Balaban J connectivity index is 2.99. The summed E-state index contributed by atoms with van der Waals surface area (Å²) in [5.74, 6) is -1.01. The first-order chi connectivity index (χ1) is 7.64. The lowest BCUT2D eigenvalue weighted by molar-refractivity contribution is -0.180. The Morgan fingerprint density at radius 3 is 2.00 bits per heavy atom. The fourth-order valence-electron chi connectivity index (χ4n) is 1.38. The molecule has 94 valence electrons. The maximum absolute atomic E-state index is 12.7. The van der Waals surface area contributed by atoms with Crippen LogP contribution in [0.3, 0.4) is 0 Å². The van der Waals surface area contributed by atoms with Gasteiger partial charge in [-0.1, -0.05) is 24.3 Å². The van der Waals surface area contributed by atoms with Gasteiger partial charge >= 0.3 is 12.1 Å². The van der Waals surface area contributed by atoms with Crippen molar-refractivity contribution in [2.75, 3.05) is 0 Å². The first-order valence-electron chi connectivity index (χ1n) is 5.02. The lowest BCUT2D eigenvalue weighted by Crippen LogP contribution is -2.36. The highest BCUT2D eigenvalue weighted by atomic mass is 19.4. The molecule has 0 atom stereocenters. The quantitative estimate of drug-likeness (QED) is 0.889. The third kappa shape index (κ3) is 2.99. The van der Waals surface area contributed by atoms with Gasteiger partial charge in [-0.15, -0.1) is 0 Å². The second-order valence-electron chi connectivity index (χ2n) is 4.39. The van der Waals surface area contributed by atoms with Gasteiger partial charge in [0, 0.05) is 0 Å². The molecule has 0 aromatic heterocycles. The zero-order valence-electron chi connectivity index (χ0n) is 9.51. The summed E-state index contributed by atoms with van der Waals surface area (Å²) in [6.07, 6.45) is -4.52. The minimum atomic E-state index is -4.33. The number of halogens is 3. The Hall–Kier alpha value is -1.52. The number of hydrogen-bond acceptors (Lipinski definition) is 1. The molecule has 0 aliphatic heterocycles. The summed E-state index contributed by atoms with van der Waals surface area (Å²) in [6.45, 7) is 2.19. The largest absolute Gasteiger partial charge is 0.481 e. The molecule has 1 rings (SSSR count). The van der Waals surface area contributed by atoms with Crippen LogP contribution in [0.4, 0.5) is 13.2 Å². The number of carboxylic acids is 1. The first-order valence-corrected chi connectivity index (χ1v) is 5.02. The van der Waals surface area contributed by atoms with Gasteiger partial charge in [-0.05, 0) is 25.0 Å². The van der Waals surface area contributed by atoms with Gasteiger partial charge in [0.15, 0.2) is 0 Å². The third-order valence-electron chi connectivity index (χ3n) is 2.74. The van der Waals surface area contributed by atoms with Gasteiger partial charge in [0.1, 0.15) is 0 Å². The summed E-state index contributed by atoms with van der Waals surface area (Å²) < 4.78 is 38.2. The smallest absolute Gasteiger partial charge is 0.397 e. The van der Waals surface area contributed by atoms with Crippen LogP contribution in [0.25, 0.3) is 0 Å². The number of hydrogen-bond donors (Lipinski definition) is 1. The summed E-state index contributed by atoms with van der Waals surface area (Å²) in [5.41, 5.74) is -1.33. The van der Waals surface area contributed by atoms with Gasteiger partial charge in [-0.3, -0.25) is 4.79 Å². The molecule has 0 unspecified atom stereocenters. The van der Waals surface area contributed by atoms with Crippen LogP contribution >= 0.6 is 0 Å². The average Bonchev–Trinajstić information content (AvgIpc) is 2.15. The SMILES string of the molecule is CC(C)(c1ccc(CC(=O)O)cc1)C(F)(F)F. The normalized spacial score (nSPS) is 12.5. The second kappa shape index (κ2) is 4.39. The standard InChI is InChI=1S/C12H13F3O2/c1-11(2,12(13,14)15)9-5-3-8(4-6-9)7-10(16)17/h3-6H,7H2,1-2H3,(H,16,17). The molecule has 0 fully saturated rings. The average molecular weight is 246 g/mol. The predicted octanol–water partition coefficient (Wildman–Crippen LogP) is 3.15. The van der Waals surface area contributed by atoms with Crippen molar-refractivity contribution >= 4 is 5.97 Å². The molecule has 0 saturated carbocycles. The fourth-order valence-corrected chi connectivity index (χ4v) is 1.38. The predicted molar refractivity (Wildman–Crippen MR) is 56.9 cm³/mol. The van der Waals surface area contributed by atoms with E-state index in [2.05, 4.69) is 0 Å².